The standard InChI is InChI=1S/C22H26N2O2S2/c1-14-5-6-16(3)20(9-14)24-21-13-28(25,26)12-19(21)23-22(24)27-11-18-8-7-15(2)17(4)10-18/h5-10,19,21H,11-13H2,1-4H3/t19-,21-/m0/s1. The van der Waals surface area contributed by atoms with Gasteiger partial charge in [-0.3, -0.25) is 4.99 Å². The fourth-order valence-electron chi connectivity index (χ4n) is 3.94. The Morgan fingerprint density at radius 2 is 1.75 bits per heavy atom. The lowest BCUT2D eigenvalue weighted by atomic mass is 10.1. The largest absolute Gasteiger partial charge is 0.315 e. The van der Waals surface area contributed by atoms with Crippen molar-refractivity contribution in [2.45, 2.75) is 45.5 Å². The van der Waals surface area contributed by atoms with E-state index in [-0.39, 0.29) is 23.6 Å². The van der Waals surface area contributed by atoms with Crippen molar-refractivity contribution < 1.29 is 8.42 Å². The van der Waals surface area contributed by atoms with E-state index in [1.165, 1.54) is 22.3 Å². The molecule has 0 saturated carbocycles. The van der Waals surface area contributed by atoms with Gasteiger partial charge >= 0.3 is 0 Å². The van der Waals surface area contributed by atoms with Crippen molar-refractivity contribution in [3.8, 4) is 0 Å². The fourth-order valence-corrected chi connectivity index (χ4v) is 6.84. The van der Waals surface area contributed by atoms with Crippen LogP contribution in [0.3, 0.4) is 0 Å². The summed E-state index contributed by atoms with van der Waals surface area (Å²) in [5.41, 5.74) is 7.25. The number of aryl methyl sites for hydroxylation is 4. The van der Waals surface area contributed by atoms with Gasteiger partial charge in [-0.15, -0.1) is 0 Å². The smallest absolute Gasteiger partial charge is 0.164 e. The summed E-state index contributed by atoms with van der Waals surface area (Å²) in [6, 6.07) is 12.6. The lowest BCUT2D eigenvalue weighted by Crippen LogP contribution is -2.39. The maximum Gasteiger partial charge on any atom is 0.164 e. The third-order valence-electron chi connectivity index (χ3n) is 5.67. The molecule has 0 aliphatic carbocycles. The molecule has 148 valence electrons. The normalized spacial score (nSPS) is 23.0. The first kappa shape index (κ1) is 19.5. The molecule has 1 fully saturated rings. The van der Waals surface area contributed by atoms with Crippen LogP contribution < -0.4 is 4.90 Å². The zero-order valence-corrected chi connectivity index (χ0v) is 18.4. The zero-order chi connectivity index (χ0) is 20.1. The molecule has 0 spiro atoms. The van der Waals surface area contributed by atoms with E-state index in [0.717, 1.165) is 22.2 Å². The van der Waals surface area contributed by atoms with Gasteiger partial charge in [0.15, 0.2) is 15.0 Å². The van der Waals surface area contributed by atoms with E-state index in [1.54, 1.807) is 11.8 Å². The molecule has 2 aromatic carbocycles. The SMILES string of the molecule is Cc1ccc(C)c(N2C(SCc3ccc(C)c(C)c3)=N[C@H]3CS(=O)(=O)C[C@@H]32)c1. The highest BCUT2D eigenvalue weighted by Crippen LogP contribution is 2.37. The number of anilines is 1. The van der Waals surface area contributed by atoms with Crippen molar-refractivity contribution in [2.75, 3.05) is 16.4 Å². The lowest BCUT2D eigenvalue weighted by molar-refractivity contribution is 0.601. The summed E-state index contributed by atoms with van der Waals surface area (Å²) in [5, 5.41) is 0.942. The highest BCUT2D eigenvalue weighted by molar-refractivity contribution is 8.13. The molecule has 0 aromatic heterocycles. The Morgan fingerprint density at radius 1 is 1.00 bits per heavy atom. The minimum absolute atomic E-state index is 0.0900. The number of fused-ring (bicyclic) bond motifs is 1. The van der Waals surface area contributed by atoms with Crippen molar-refractivity contribution in [1.82, 2.24) is 0 Å². The van der Waals surface area contributed by atoms with E-state index in [1.807, 2.05) is 0 Å². The molecular weight excluding hydrogens is 388 g/mol. The average molecular weight is 415 g/mol. The van der Waals surface area contributed by atoms with Crippen molar-refractivity contribution >= 4 is 32.5 Å². The molecule has 0 unspecified atom stereocenters. The van der Waals surface area contributed by atoms with E-state index >= 15 is 0 Å². The third kappa shape index (κ3) is 3.72. The van der Waals surface area contributed by atoms with Gasteiger partial charge < -0.3 is 4.90 Å². The summed E-state index contributed by atoms with van der Waals surface area (Å²) in [6.45, 7) is 8.41. The van der Waals surface area contributed by atoms with E-state index < -0.39 is 9.84 Å². The van der Waals surface area contributed by atoms with Gasteiger partial charge in [0.2, 0.25) is 0 Å². The summed E-state index contributed by atoms with van der Waals surface area (Å²) < 4.78 is 24.5. The van der Waals surface area contributed by atoms with Gasteiger partial charge in [-0.25, -0.2) is 8.42 Å². The van der Waals surface area contributed by atoms with E-state index in [2.05, 4.69) is 69.0 Å². The van der Waals surface area contributed by atoms with Crippen LogP contribution in [0, 0.1) is 27.7 Å². The Kier molecular flexibility index (Phi) is 5.04. The number of hydrogen-bond donors (Lipinski definition) is 0. The van der Waals surface area contributed by atoms with Gasteiger partial charge in [0.1, 0.15) is 0 Å². The molecule has 2 aliphatic rings. The molecule has 6 heteroatoms. The molecule has 0 radical (unpaired) electrons. The fraction of sp³-hybridized carbons (Fsp3) is 0.409. The maximum absolute atomic E-state index is 12.2. The number of sulfone groups is 1. The van der Waals surface area contributed by atoms with Crippen LogP contribution in [0.4, 0.5) is 5.69 Å². The van der Waals surface area contributed by atoms with Crippen LogP contribution in [-0.2, 0) is 15.6 Å². The van der Waals surface area contributed by atoms with Crippen LogP contribution in [0.15, 0.2) is 41.4 Å². The monoisotopic (exact) mass is 414 g/mol. The number of amidine groups is 1. The molecule has 2 atom stereocenters. The summed E-state index contributed by atoms with van der Waals surface area (Å²) in [5.74, 6) is 1.17. The molecule has 2 aliphatic heterocycles. The van der Waals surface area contributed by atoms with E-state index in [9.17, 15) is 8.42 Å². The first-order chi connectivity index (χ1) is 13.2. The van der Waals surface area contributed by atoms with Gasteiger partial charge in [-0.05, 0) is 61.6 Å². The Morgan fingerprint density at radius 3 is 2.50 bits per heavy atom. The van der Waals surface area contributed by atoms with Crippen molar-refractivity contribution in [1.29, 1.82) is 0 Å². The minimum Gasteiger partial charge on any atom is -0.315 e. The van der Waals surface area contributed by atoms with Crippen molar-refractivity contribution in [2.24, 2.45) is 4.99 Å². The van der Waals surface area contributed by atoms with E-state index in [4.69, 9.17) is 4.99 Å². The van der Waals surface area contributed by atoms with Gasteiger partial charge in [-0.1, -0.05) is 42.1 Å². The first-order valence-electron chi connectivity index (χ1n) is 9.57. The number of hydrogen-bond acceptors (Lipinski definition) is 5. The second kappa shape index (κ2) is 7.23. The minimum atomic E-state index is -3.03. The number of benzene rings is 2. The van der Waals surface area contributed by atoms with Crippen LogP contribution in [-0.4, -0.2) is 37.2 Å². The summed E-state index contributed by atoms with van der Waals surface area (Å²) in [6.07, 6.45) is 0. The molecule has 4 rings (SSSR count). The zero-order valence-electron chi connectivity index (χ0n) is 16.8. The highest BCUT2D eigenvalue weighted by Gasteiger charge is 2.47. The molecule has 4 nitrogen and oxygen atoms in total. The molecule has 0 bridgehead atoms. The molecule has 28 heavy (non-hydrogen) atoms. The first-order valence-corrected chi connectivity index (χ1v) is 12.4. The van der Waals surface area contributed by atoms with Gasteiger partial charge in [0.05, 0.1) is 23.6 Å². The topological polar surface area (TPSA) is 49.7 Å². The molecule has 2 aromatic rings. The van der Waals surface area contributed by atoms with Crippen molar-refractivity contribution in [3.63, 3.8) is 0 Å². The van der Waals surface area contributed by atoms with Crippen LogP contribution in [0.25, 0.3) is 0 Å². The third-order valence-corrected chi connectivity index (χ3v) is 8.41. The summed E-state index contributed by atoms with van der Waals surface area (Å²) in [7, 11) is -3.03. The molecule has 2 heterocycles. The van der Waals surface area contributed by atoms with Gasteiger partial charge in [0, 0.05) is 11.4 Å². The average Bonchev–Trinajstić information content (AvgIpc) is 3.09. The second-order valence-electron chi connectivity index (χ2n) is 7.99. The Labute approximate surface area is 172 Å². The van der Waals surface area contributed by atoms with Gasteiger partial charge in [-0.2, -0.15) is 0 Å². The van der Waals surface area contributed by atoms with Crippen LogP contribution >= 0.6 is 11.8 Å². The lowest BCUT2D eigenvalue weighted by Gasteiger charge is -2.28. The Bertz CT molecular complexity index is 1060. The number of rotatable bonds is 3. The number of thioether (sulfide) groups is 1. The van der Waals surface area contributed by atoms with E-state index in [0.29, 0.717) is 0 Å². The van der Waals surface area contributed by atoms with Crippen LogP contribution in [0.1, 0.15) is 27.8 Å². The van der Waals surface area contributed by atoms with Crippen LogP contribution in [0.2, 0.25) is 0 Å². The maximum atomic E-state index is 12.2. The summed E-state index contributed by atoms with van der Waals surface area (Å²) in [4.78, 5) is 7.04. The Balaban J connectivity index is 1.65. The van der Waals surface area contributed by atoms with Crippen molar-refractivity contribution in [3.05, 3.63) is 64.2 Å². The highest BCUT2D eigenvalue weighted by atomic mass is 32.2. The quantitative estimate of drug-likeness (QED) is 0.755. The predicted octanol–water partition coefficient (Wildman–Crippen LogP) is 4.20. The molecule has 0 amide bonds. The molecule has 1 saturated heterocycles. The van der Waals surface area contributed by atoms with Gasteiger partial charge in [0.25, 0.3) is 0 Å². The predicted molar refractivity (Wildman–Crippen MR) is 119 cm³/mol. The molecule has 0 N–H and O–H groups in total. The second-order valence-corrected chi connectivity index (χ2v) is 11.1. The Hall–Kier alpha value is -1.79. The number of nitrogens with zero attached hydrogens (tertiary/aromatic N) is 2. The van der Waals surface area contributed by atoms with Crippen LogP contribution in [0.5, 0.6) is 0 Å². The summed E-state index contributed by atoms with van der Waals surface area (Å²) >= 11 is 1.71. The molecular formula is C22H26N2O2S2. The number of aliphatic imine (C=N–C) groups is 1.